The molecule has 1 aromatic rings. The molecule has 0 aromatic heterocycles. The summed E-state index contributed by atoms with van der Waals surface area (Å²) in [5.41, 5.74) is 5.82. The number of aliphatic hydroxyl groups is 1. The van der Waals surface area contributed by atoms with Gasteiger partial charge in [0.25, 0.3) is 0 Å². The maximum atomic E-state index is 11.3. The molecule has 0 radical (unpaired) electrons. The van der Waals surface area contributed by atoms with Gasteiger partial charge in [-0.25, -0.2) is 0 Å². The van der Waals surface area contributed by atoms with E-state index in [1.54, 1.807) is 11.1 Å². The first-order valence-electron chi connectivity index (χ1n) is 13.7. The number of hydrogen-bond donors (Lipinski definition) is 1. The van der Waals surface area contributed by atoms with E-state index in [4.69, 9.17) is 5.26 Å². The van der Waals surface area contributed by atoms with Gasteiger partial charge in [0, 0.05) is 6.04 Å². The van der Waals surface area contributed by atoms with Gasteiger partial charge in [-0.3, -0.25) is 4.90 Å². The third kappa shape index (κ3) is 3.61. The number of fused-ring (bicyclic) bond motifs is 5. The number of allylic oxidation sites excluding steroid dienone is 2. The van der Waals surface area contributed by atoms with E-state index in [1.807, 2.05) is 12.1 Å². The Morgan fingerprint density at radius 3 is 2.59 bits per heavy atom. The summed E-state index contributed by atoms with van der Waals surface area (Å²) in [7, 11) is 0. The van der Waals surface area contributed by atoms with Gasteiger partial charge in [-0.2, -0.15) is 5.26 Å². The van der Waals surface area contributed by atoms with Crippen LogP contribution in [0.15, 0.2) is 41.5 Å². The summed E-state index contributed by atoms with van der Waals surface area (Å²) in [4.78, 5) is 2.58. The molecule has 7 atom stereocenters. The zero-order valence-corrected chi connectivity index (χ0v) is 21.0. The third-order valence-electron chi connectivity index (χ3n) is 10.8. The van der Waals surface area contributed by atoms with Crippen LogP contribution in [-0.4, -0.2) is 35.2 Å². The van der Waals surface area contributed by atoms with Gasteiger partial charge in [0.05, 0.1) is 17.7 Å². The van der Waals surface area contributed by atoms with Crippen LogP contribution < -0.4 is 0 Å². The van der Waals surface area contributed by atoms with Crippen LogP contribution in [0.3, 0.4) is 0 Å². The summed E-state index contributed by atoms with van der Waals surface area (Å²) in [6, 6.07) is 10.6. The van der Waals surface area contributed by atoms with E-state index in [2.05, 4.69) is 49.1 Å². The van der Waals surface area contributed by atoms with Crippen molar-refractivity contribution in [2.24, 2.45) is 28.6 Å². The first-order valence-corrected chi connectivity index (χ1v) is 13.7. The van der Waals surface area contributed by atoms with Crippen LogP contribution in [0.2, 0.25) is 0 Å². The standard InChI is InChI=1S/C31H40N2O/c1-30-12-11-26-25(27(30)16-23(18-30)15-21-5-7-22(20-32)8-6-21)10-9-24-17-28(33-13-3-4-14-33)29(34)19-31(24,26)2/h5-9,15,25-29,34H,3-4,10-14,16-19H2,1-2H3/t25-,26-,27+,28?,29?,30-,31+/m1/s1. The predicted molar refractivity (Wildman–Crippen MR) is 137 cm³/mol. The molecule has 6 rings (SSSR count). The normalized spacial score (nSPS) is 43.1. The first-order chi connectivity index (χ1) is 16.4. The molecule has 3 saturated carbocycles. The minimum Gasteiger partial charge on any atom is -0.391 e. The highest BCUT2D eigenvalue weighted by Crippen LogP contribution is 2.66. The van der Waals surface area contributed by atoms with Gasteiger partial charge in [0.2, 0.25) is 0 Å². The Hall–Kier alpha value is -1.89. The number of likely N-dealkylation sites (tertiary alicyclic amines) is 1. The lowest BCUT2D eigenvalue weighted by molar-refractivity contribution is -0.0650. The van der Waals surface area contributed by atoms with Gasteiger partial charge in [0.15, 0.2) is 0 Å². The van der Waals surface area contributed by atoms with Crippen molar-refractivity contribution in [3.05, 3.63) is 52.6 Å². The molecule has 0 amide bonds. The van der Waals surface area contributed by atoms with Crippen molar-refractivity contribution >= 4 is 6.08 Å². The van der Waals surface area contributed by atoms with E-state index in [0.29, 0.717) is 17.4 Å². The Kier molecular flexibility index (Phi) is 5.54. The zero-order chi connectivity index (χ0) is 23.5. The van der Waals surface area contributed by atoms with E-state index < -0.39 is 0 Å². The van der Waals surface area contributed by atoms with E-state index >= 15 is 0 Å². The molecule has 1 N–H and O–H groups in total. The second-order valence-electron chi connectivity index (χ2n) is 12.7. The number of benzene rings is 1. The minimum atomic E-state index is -0.178. The molecule has 34 heavy (non-hydrogen) atoms. The van der Waals surface area contributed by atoms with Crippen molar-refractivity contribution in [3.63, 3.8) is 0 Å². The molecule has 4 fully saturated rings. The molecule has 1 aromatic carbocycles. The largest absolute Gasteiger partial charge is 0.391 e. The fourth-order valence-corrected chi connectivity index (χ4v) is 9.02. The van der Waals surface area contributed by atoms with Gasteiger partial charge in [-0.15, -0.1) is 0 Å². The average Bonchev–Trinajstić information content (AvgIpc) is 3.46. The SMILES string of the molecule is C[C@]12CC[C@@H]3[C@@H](CC=C4CC(N5CCCC5)C(O)C[C@@]43C)[C@@H]1CC(=Cc1ccc(C#N)cc1)C2. The Bertz CT molecular complexity index is 1040. The predicted octanol–water partition coefficient (Wildman–Crippen LogP) is 6.34. The van der Waals surface area contributed by atoms with Crippen LogP contribution in [0.25, 0.3) is 6.08 Å². The zero-order valence-electron chi connectivity index (χ0n) is 21.0. The van der Waals surface area contributed by atoms with Gasteiger partial charge in [-0.1, -0.05) is 49.3 Å². The molecule has 180 valence electrons. The maximum absolute atomic E-state index is 11.3. The van der Waals surface area contributed by atoms with Crippen LogP contribution >= 0.6 is 0 Å². The Morgan fingerprint density at radius 1 is 1.09 bits per heavy atom. The molecule has 1 saturated heterocycles. The van der Waals surface area contributed by atoms with Crippen molar-refractivity contribution < 1.29 is 5.11 Å². The van der Waals surface area contributed by atoms with Crippen molar-refractivity contribution in [3.8, 4) is 6.07 Å². The summed E-state index contributed by atoms with van der Waals surface area (Å²) >= 11 is 0. The molecule has 4 aliphatic carbocycles. The van der Waals surface area contributed by atoms with Gasteiger partial charge < -0.3 is 5.11 Å². The van der Waals surface area contributed by atoms with E-state index in [9.17, 15) is 5.11 Å². The highest BCUT2D eigenvalue weighted by molar-refractivity contribution is 5.55. The average molecular weight is 457 g/mol. The second kappa shape index (κ2) is 8.35. The van der Waals surface area contributed by atoms with E-state index in [1.165, 1.54) is 63.6 Å². The highest BCUT2D eigenvalue weighted by atomic mass is 16.3. The van der Waals surface area contributed by atoms with Gasteiger partial charge in [-0.05, 0) is 117 Å². The van der Waals surface area contributed by atoms with Gasteiger partial charge in [0.1, 0.15) is 0 Å². The molecule has 3 nitrogen and oxygen atoms in total. The molecule has 5 aliphatic rings. The smallest absolute Gasteiger partial charge is 0.0991 e. The Balaban J connectivity index is 1.24. The summed E-state index contributed by atoms with van der Waals surface area (Å²) in [6.07, 6.45) is 15.8. The minimum absolute atomic E-state index is 0.178. The second-order valence-corrected chi connectivity index (χ2v) is 12.7. The van der Waals surface area contributed by atoms with Crippen molar-refractivity contribution in [2.45, 2.75) is 83.8 Å². The quantitative estimate of drug-likeness (QED) is 0.528. The fraction of sp³-hybridized carbons (Fsp3) is 0.645. The topological polar surface area (TPSA) is 47.3 Å². The summed E-state index contributed by atoms with van der Waals surface area (Å²) in [6.45, 7) is 7.40. The van der Waals surface area contributed by atoms with Gasteiger partial charge >= 0.3 is 0 Å². The van der Waals surface area contributed by atoms with Crippen molar-refractivity contribution in [1.82, 2.24) is 4.90 Å². The number of rotatable bonds is 2. The lowest BCUT2D eigenvalue weighted by Gasteiger charge is -2.58. The molecule has 0 spiro atoms. The fourth-order valence-electron chi connectivity index (χ4n) is 9.02. The van der Waals surface area contributed by atoms with Crippen LogP contribution in [-0.2, 0) is 0 Å². The molecule has 2 unspecified atom stereocenters. The Morgan fingerprint density at radius 2 is 1.85 bits per heavy atom. The molecule has 3 heteroatoms. The number of nitriles is 1. The molecular formula is C31H40N2O. The molecule has 0 bridgehead atoms. The van der Waals surface area contributed by atoms with Crippen molar-refractivity contribution in [2.75, 3.05) is 13.1 Å². The molecule has 1 heterocycles. The number of hydrogen-bond acceptors (Lipinski definition) is 3. The van der Waals surface area contributed by atoms with E-state index in [-0.39, 0.29) is 11.5 Å². The lowest BCUT2D eigenvalue weighted by Crippen LogP contribution is -2.55. The van der Waals surface area contributed by atoms with Crippen LogP contribution in [0.1, 0.15) is 82.8 Å². The van der Waals surface area contributed by atoms with Crippen molar-refractivity contribution in [1.29, 1.82) is 5.26 Å². The monoisotopic (exact) mass is 456 g/mol. The highest BCUT2D eigenvalue weighted by Gasteiger charge is 2.58. The first kappa shape index (κ1) is 22.6. The maximum Gasteiger partial charge on any atom is 0.0991 e. The number of nitrogens with zero attached hydrogens (tertiary/aromatic N) is 2. The summed E-state index contributed by atoms with van der Waals surface area (Å²) in [5, 5.41) is 20.4. The van der Waals surface area contributed by atoms with Crippen LogP contribution in [0.5, 0.6) is 0 Å². The van der Waals surface area contributed by atoms with Crippen LogP contribution in [0, 0.1) is 39.9 Å². The molecular weight excluding hydrogens is 416 g/mol. The summed E-state index contributed by atoms with van der Waals surface area (Å²) < 4.78 is 0. The number of aliphatic hydroxyl groups excluding tert-OH is 1. The third-order valence-corrected chi connectivity index (χ3v) is 10.8. The van der Waals surface area contributed by atoms with E-state index in [0.717, 1.165) is 30.2 Å². The molecule has 1 aliphatic heterocycles. The lowest BCUT2D eigenvalue weighted by atomic mass is 9.47. The Labute approximate surface area is 205 Å². The summed E-state index contributed by atoms with van der Waals surface area (Å²) in [5.74, 6) is 2.21. The van der Waals surface area contributed by atoms with Crippen LogP contribution in [0.4, 0.5) is 0 Å².